The predicted octanol–water partition coefficient (Wildman–Crippen LogP) is 3.45. The lowest BCUT2D eigenvalue weighted by molar-refractivity contribution is -0.120. The molecule has 0 spiro atoms. The molecule has 0 aliphatic carbocycles. The molecule has 0 unspecified atom stereocenters. The smallest absolute Gasteiger partial charge is 0.265 e. The minimum atomic E-state index is -0.560. The van der Waals surface area contributed by atoms with Gasteiger partial charge in [0.2, 0.25) is 5.91 Å². The van der Waals surface area contributed by atoms with Crippen molar-refractivity contribution in [2.45, 2.75) is 6.54 Å². The number of rotatable bonds is 7. The summed E-state index contributed by atoms with van der Waals surface area (Å²) in [5.41, 5.74) is 7.00. The Morgan fingerprint density at radius 3 is 2.50 bits per heavy atom. The Kier molecular flexibility index (Phi) is 6.24. The third-order valence-corrected chi connectivity index (χ3v) is 4.22. The summed E-state index contributed by atoms with van der Waals surface area (Å²) in [4.78, 5) is 30.0. The summed E-state index contributed by atoms with van der Waals surface area (Å²) in [6.45, 7) is 0.0731. The monoisotopic (exact) mass is 395 g/mol. The summed E-state index contributed by atoms with van der Waals surface area (Å²) in [6, 6.07) is 18.8. The Bertz CT molecular complexity index is 962. The number of amides is 2. The first kappa shape index (κ1) is 19.4. The van der Waals surface area contributed by atoms with Gasteiger partial charge in [0.1, 0.15) is 5.75 Å². The predicted molar refractivity (Wildman–Crippen MR) is 107 cm³/mol. The van der Waals surface area contributed by atoms with E-state index in [0.29, 0.717) is 22.0 Å². The maximum absolute atomic E-state index is 12.9. The lowest BCUT2D eigenvalue weighted by Crippen LogP contribution is -2.34. The molecule has 0 aliphatic heterocycles. The highest BCUT2D eigenvalue weighted by Gasteiger charge is 2.18. The molecule has 0 bridgehead atoms. The van der Waals surface area contributed by atoms with Gasteiger partial charge in [-0.25, -0.2) is 0 Å². The van der Waals surface area contributed by atoms with Gasteiger partial charge in [0.15, 0.2) is 6.61 Å². The number of benzene rings is 2. The third kappa shape index (κ3) is 5.08. The topological polar surface area (TPSA) is 85.5 Å². The molecule has 0 saturated heterocycles. The van der Waals surface area contributed by atoms with Crippen LogP contribution in [0.1, 0.15) is 16.1 Å². The standard InChI is InChI=1S/C21H18ClN3O3/c22-16-7-9-18(10-8-16)25(13-17-5-1-2-11-24-17)20(26)14-28-19-6-3-4-15(12-19)21(23)27/h1-12H,13-14H2,(H2,23,27). The van der Waals surface area contributed by atoms with Gasteiger partial charge in [-0.15, -0.1) is 0 Å². The molecule has 0 atom stereocenters. The number of primary amides is 1. The molecule has 1 aromatic heterocycles. The van der Waals surface area contributed by atoms with Gasteiger partial charge in [0.25, 0.3) is 5.91 Å². The van der Waals surface area contributed by atoms with Crippen LogP contribution in [0.4, 0.5) is 5.69 Å². The largest absolute Gasteiger partial charge is 0.484 e. The van der Waals surface area contributed by atoms with E-state index in [1.54, 1.807) is 53.6 Å². The average molecular weight is 396 g/mol. The molecule has 6 nitrogen and oxygen atoms in total. The van der Waals surface area contributed by atoms with Crippen LogP contribution in [0.25, 0.3) is 0 Å². The molecule has 0 radical (unpaired) electrons. The third-order valence-electron chi connectivity index (χ3n) is 3.97. The molecule has 2 amide bonds. The molecule has 2 aromatic carbocycles. The van der Waals surface area contributed by atoms with Crippen molar-refractivity contribution >= 4 is 29.1 Å². The van der Waals surface area contributed by atoms with E-state index in [4.69, 9.17) is 22.1 Å². The SMILES string of the molecule is NC(=O)c1cccc(OCC(=O)N(Cc2ccccn2)c2ccc(Cl)cc2)c1. The number of ether oxygens (including phenoxy) is 1. The quantitative estimate of drug-likeness (QED) is 0.664. The number of nitrogens with two attached hydrogens (primary N) is 1. The fourth-order valence-electron chi connectivity index (χ4n) is 2.56. The number of carbonyl (C=O) groups excluding carboxylic acids is 2. The van der Waals surface area contributed by atoms with Crippen LogP contribution in [0.5, 0.6) is 5.75 Å². The number of hydrogen-bond acceptors (Lipinski definition) is 4. The van der Waals surface area contributed by atoms with Gasteiger partial charge >= 0.3 is 0 Å². The van der Waals surface area contributed by atoms with Crippen molar-refractivity contribution in [1.82, 2.24) is 4.98 Å². The first-order valence-corrected chi connectivity index (χ1v) is 8.89. The first-order chi connectivity index (χ1) is 13.5. The Morgan fingerprint density at radius 2 is 1.82 bits per heavy atom. The van der Waals surface area contributed by atoms with Crippen molar-refractivity contribution < 1.29 is 14.3 Å². The number of pyridine rings is 1. The van der Waals surface area contributed by atoms with Crippen LogP contribution in [0.3, 0.4) is 0 Å². The fraction of sp³-hybridized carbons (Fsp3) is 0.0952. The van der Waals surface area contributed by atoms with Gasteiger partial charge in [-0.2, -0.15) is 0 Å². The molecule has 3 rings (SSSR count). The second-order valence-electron chi connectivity index (χ2n) is 5.96. The van der Waals surface area contributed by atoms with Crippen LogP contribution in [-0.2, 0) is 11.3 Å². The lowest BCUT2D eigenvalue weighted by Gasteiger charge is -2.23. The Labute approximate surface area is 167 Å². The Morgan fingerprint density at radius 1 is 1.04 bits per heavy atom. The van der Waals surface area contributed by atoms with Crippen molar-refractivity contribution in [2.24, 2.45) is 5.73 Å². The highest BCUT2D eigenvalue weighted by atomic mass is 35.5. The van der Waals surface area contributed by atoms with Gasteiger partial charge in [-0.1, -0.05) is 23.7 Å². The molecule has 7 heteroatoms. The summed E-state index contributed by atoms with van der Waals surface area (Å²) in [5.74, 6) is -0.439. The van der Waals surface area contributed by atoms with Crippen LogP contribution >= 0.6 is 11.6 Å². The van der Waals surface area contributed by atoms with Gasteiger partial charge in [0.05, 0.1) is 12.2 Å². The Hall–Kier alpha value is -3.38. The van der Waals surface area contributed by atoms with Crippen LogP contribution < -0.4 is 15.4 Å². The summed E-state index contributed by atoms with van der Waals surface area (Å²) < 4.78 is 5.58. The number of carbonyl (C=O) groups is 2. The highest BCUT2D eigenvalue weighted by molar-refractivity contribution is 6.30. The molecule has 28 heavy (non-hydrogen) atoms. The molecule has 0 fully saturated rings. The zero-order valence-corrected chi connectivity index (χ0v) is 15.7. The van der Waals surface area contributed by atoms with Crippen molar-refractivity contribution in [3.63, 3.8) is 0 Å². The van der Waals surface area contributed by atoms with Gasteiger partial charge in [0, 0.05) is 22.5 Å². The molecule has 0 saturated carbocycles. The van der Waals surface area contributed by atoms with E-state index in [1.807, 2.05) is 18.2 Å². The van der Waals surface area contributed by atoms with Crippen LogP contribution in [0, 0.1) is 0 Å². The van der Waals surface area contributed by atoms with Crippen LogP contribution in [-0.4, -0.2) is 23.4 Å². The number of nitrogens with zero attached hydrogens (tertiary/aromatic N) is 2. The maximum atomic E-state index is 12.9. The Balaban J connectivity index is 1.77. The molecular formula is C21H18ClN3O3. The van der Waals surface area contributed by atoms with Gasteiger partial charge in [-0.3, -0.25) is 14.6 Å². The lowest BCUT2D eigenvalue weighted by atomic mass is 10.2. The van der Waals surface area contributed by atoms with E-state index in [1.165, 1.54) is 6.07 Å². The zero-order valence-electron chi connectivity index (χ0n) is 14.9. The van der Waals surface area contributed by atoms with Crippen molar-refractivity contribution in [1.29, 1.82) is 0 Å². The summed E-state index contributed by atoms with van der Waals surface area (Å²) in [7, 11) is 0. The van der Waals surface area contributed by atoms with Crippen molar-refractivity contribution in [2.75, 3.05) is 11.5 Å². The van der Waals surface area contributed by atoms with E-state index in [9.17, 15) is 9.59 Å². The van der Waals surface area contributed by atoms with Crippen molar-refractivity contribution in [3.8, 4) is 5.75 Å². The summed E-state index contributed by atoms with van der Waals surface area (Å²) in [5, 5.41) is 0.577. The summed E-state index contributed by atoms with van der Waals surface area (Å²) >= 11 is 5.96. The van der Waals surface area contributed by atoms with E-state index in [0.717, 1.165) is 5.69 Å². The van der Waals surface area contributed by atoms with E-state index in [2.05, 4.69) is 4.98 Å². The summed E-state index contributed by atoms with van der Waals surface area (Å²) in [6.07, 6.45) is 1.67. The zero-order chi connectivity index (χ0) is 19.9. The van der Waals surface area contributed by atoms with E-state index in [-0.39, 0.29) is 19.1 Å². The molecule has 3 aromatic rings. The first-order valence-electron chi connectivity index (χ1n) is 8.51. The average Bonchev–Trinajstić information content (AvgIpc) is 2.72. The number of aromatic nitrogens is 1. The molecule has 1 heterocycles. The molecular weight excluding hydrogens is 378 g/mol. The number of halogens is 1. The second kappa shape index (κ2) is 9.01. The van der Waals surface area contributed by atoms with Crippen molar-refractivity contribution in [3.05, 3.63) is 89.2 Å². The number of anilines is 1. The van der Waals surface area contributed by atoms with Crippen LogP contribution in [0.2, 0.25) is 5.02 Å². The van der Waals surface area contributed by atoms with Crippen LogP contribution in [0.15, 0.2) is 72.9 Å². The molecule has 142 valence electrons. The minimum absolute atomic E-state index is 0.211. The van der Waals surface area contributed by atoms with E-state index >= 15 is 0 Å². The van der Waals surface area contributed by atoms with Gasteiger partial charge < -0.3 is 15.4 Å². The highest BCUT2D eigenvalue weighted by Crippen LogP contribution is 2.21. The molecule has 0 aliphatic rings. The number of hydrogen-bond donors (Lipinski definition) is 1. The minimum Gasteiger partial charge on any atom is -0.484 e. The van der Waals surface area contributed by atoms with Gasteiger partial charge in [-0.05, 0) is 54.6 Å². The maximum Gasteiger partial charge on any atom is 0.265 e. The fourth-order valence-corrected chi connectivity index (χ4v) is 2.69. The normalized spacial score (nSPS) is 10.3. The second-order valence-corrected chi connectivity index (χ2v) is 6.39. The molecule has 2 N–H and O–H groups in total. The van der Waals surface area contributed by atoms with E-state index < -0.39 is 5.91 Å².